The third-order valence-electron chi connectivity index (χ3n) is 4.78. The molecule has 0 unspecified atom stereocenters. The summed E-state index contributed by atoms with van der Waals surface area (Å²) in [6.45, 7) is 1.60. The van der Waals surface area contributed by atoms with Gasteiger partial charge in [0.2, 0.25) is 3.79 Å². The molecule has 5 nitrogen and oxygen atoms in total. The number of hydrogen-bond acceptors (Lipinski definition) is 3. The van der Waals surface area contributed by atoms with E-state index in [4.69, 9.17) is 46.4 Å². The van der Waals surface area contributed by atoms with E-state index in [1.807, 2.05) is 24.3 Å². The molecule has 1 aliphatic heterocycles. The van der Waals surface area contributed by atoms with Crippen LogP contribution in [0.25, 0.3) is 11.1 Å². The zero-order chi connectivity index (χ0) is 21.0. The Morgan fingerprint density at radius 3 is 2.24 bits per heavy atom. The molecule has 2 aromatic carbocycles. The SMILES string of the molecule is O=C(O)N(CC(Cl)(Cl)Cl)N1CCNC[C@H]1Cc1ccc(-c2ccc(Cl)cc2)cc1. The van der Waals surface area contributed by atoms with Crippen LogP contribution in [0.15, 0.2) is 48.5 Å². The molecule has 1 heterocycles. The van der Waals surface area contributed by atoms with Gasteiger partial charge in [-0.15, -0.1) is 0 Å². The van der Waals surface area contributed by atoms with Gasteiger partial charge in [-0.1, -0.05) is 82.8 Å². The summed E-state index contributed by atoms with van der Waals surface area (Å²) in [4.78, 5) is 11.8. The fourth-order valence-corrected chi connectivity index (χ4v) is 3.90. The van der Waals surface area contributed by atoms with Crippen LogP contribution in [-0.2, 0) is 6.42 Å². The molecule has 156 valence electrons. The predicted molar refractivity (Wildman–Crippen MR) is 119 cm³/mol. The molecule has 1 aliphatic rings. The average Bonchev–Trinajstić information content (AvgIpc) is 2.67. The minimum absolute atomic E-state index is 0.0754. The summed E-state index contributed by atoms with van der Waals surface area (Å²) >= 11 is 23.5. The Labute approximate surface area is 190 Å². The number of alkyl halides is 3. The summed E-state index contributed by atoms with van der Waals surface area (Å²) < 4.78 is -1.69. The average molecular weight is 477 g/mol. The standard InChI is InChI=1S/C20H21Cl4N3O2/c21-17-7-5-16(6-8-17)15-3-1-14(2-4-15)11-18-12-25-9-10-26(18)27(19(28)29)13-20(22,23)24/h1-8,18,25H,9-13H2,(H,28,29)/t18-/m1/s1. The summed E-state index contributed by atoms with van der Waals surface area (Å²) in [5, 5.41) is 16.5. The molecule has 0 aliphatic carbocycles. The van der Waals surface area contributed by atoms with Gasteiger partial charge in [-0.3, -0.25) is 0 Å². The third kappa shape index (κ3) is 6.38. The molecule has 29 heavy (non-hydrogen) atoms. The molecule has 0 bridgehead atoms. The first kappa shape index (κ1) is 22.5. The fraction of sp³-hybridized carbons (Fsp3) is 0.350. The van der Waals surface area contributed by atoms with E-state index in [0.717, 1.165) is 21.7 Å². The van der Waals surface area contributed by atoms with Crippen LogP contribution in [0.4, 0.5) is 4.79 Å². The van der Waals surface area contributed by atoms with Crippen molar-refractivity contribution in [2.24, 2.45) is 0 Å². The smallest absolute Gasteiger partial charge is 0.422 e. The Morgan fingerprint density at radius 2 is 1.69 bits per heavy atom. The first-order valence-corrected chi connectivity index (χ1v) is 10.6. The molecule has 9 heteroatoms. The highest BCUT2D eigenvalue weighted by atomic mass is 35.6. The quantitative estimate of drug-likeness (QED) is 0.590. The second-order valence-electron chi connectivity index (χ2n) is 6.88. The lowest BCUT2D eigenvalue weighted by atomic mass is 10.00. The molecule has 3 rings (SSSR count). The maximum absolute atomic E-state index is 11.8. The maximum atomic E-state index is 11.8. The van der Waals surface area contributed by atoms with Crippen LogP contribution in [0.2, 0.25) is 5.02 Å². The van der Waals surface area contributed by atoms with E-state index in [-0.39, 0.29) is 12.6 Å². The van der Waals surface area contributed by atoms with Crippen molar-refractivity contribution in [2.45, 2.75) is 16.3 Å². The molecule has 2 aromatic rings. The number of carboxylic acid groups (broad SMARTS) is 1. The van der Waals surface area contributed by atoms with Gasteiger partial charge < -0.3 is 10.4 Å². The van der Waals surface area contributed by atoms with Gasteiger partial charge in [0.05, 0.1) is 6.54 Å². The summed E-state index contributed by atoms with van der Waals surface area (Å²) in [7, 11) is 0. The molecule has 0 aromatic heterocycles. The van der Waals surface area contributed by atoms with E-state index < -0.39 is 9.89 Å². The molecule has 1 amide bonds. The van der Waals surface area contributed by atoms with Crippen LogP contribution in [-0.4, -0.2) is 57.2 Å². The van der Waals surface area contributed by atoms with Crippen molar-refractivity contribution in [3.63, 3.8) is 0 Å². The van der Waals surface area contributed by atoms with Gasteiger partial charge in [-0.05, 0) is 35.2 Å². The normalized spacial score (nSPS) is 17.9. The van der Waals surface area contributed by atoms with Gasteiger partial charge in [0.15, 0.2) is 0 Å². The van der Waals surface area contributed by atoms with Crippen molar-refractivity contribution in [1.82, 2.24) is 15.3 Å². The van der Waals surface area contributed by atoms with E-state index >= 15 is 0 Å². The number of piperazine rings is 1. The van der Waals surface area contributed by atoms with E-state index in [1.54, 1.807) is 5.01 Å². The number of carbonyl (C=O) groups is 1. The highest BCUT2D eigenvalue weighted by molar-refractivity contribution is 6.67. The van der Waals surface area contributed by atoms with Crippen LogP contribution >= 0.6 is 46.4 Å². The molecular weight excluding hydrogens is 456 g/mol. The van der Waals surface area contributed by atoms with Gasteiger partial charge in [0.25, 0.3) is 0 Å². The Hall–Kier alpha value is -1.21. The van der Waals surface area contributed by atoms with E-state index in [9.17, 15) is 9.90 Å². The number of benzene rings is 2. The molecule has 1 fully saturated rings. The van der Waals surface area contributed by atoms with Crippen molar-refractivity contribution in [2.75, 3.05) is 26.2 Å². The number of nitrogens with zero attached hydrogens (tertiary/aromatic N) is 2. The topological polar surface area (TPSA) is 55.8 Å². The predicted octanol–water partition coefficient (Wildman–Crippen LogP) is 5.09. The highest BCUT2D eigenvalue weighted by Crippen LogP contribution is 2.29. The lowest BCUT2D eigenvalue weighted by Crippen LogP contribution is -2.61. The number of nitrogens with one attached hydrogen (secondary N) is 1. The fourth-order valence-electron chi connectivity index (χ4n) is 3.43. The van der Waals surface area contributed by atoms with Gasteiger partial charge >= 0.3 is 6.09 Å². The molecule has 2 N–H and O–H groups in total. The number of hydrazine groups is 1. The van der Waals surface area contributed by atoms with Gasteiger partial charge in [-0.2, -0.15) is 0 Å². The summed E-state index contributed by atoms with van der Waals surface area (Å²) in [5.41, 5.74) is 3.27. The lowest BCUT2D eigenvalue weighted by molar-refractivity contribution is -0.0511. The highest BCUT2D eigenvalue weighted by Gasteiger charge is 2.35. The zero-order valence-corrected chi connectivity index (χ0v) is 18.5. The maximum Gasteiger partial charge on any atom is 0.422 e. The Morgan fingerprint density at radius 1 is 1.10 bits per heavy atom. The largest absolute Gasteiger partial charge is 0.464 e. The summed E-state index contributed by atoms with van der Waals surface area (Å²) in [6, 6.07) is 15.8. The molecule has 0 saturated carbocycles. The van der Waals surface area contributed by atoms with Crippen molar-refractivity contribution in [3.8, 4) is 11.1 Å². The molecule has 0 radical (unpaired) electrons. The molecular formula is C20H21Cl4N3O2. The lowest BCUT2D eigenvalue weighted by Gasteiger charge is -2.42. The minimum atomic E-state index is -1.69. The van der Waals surface area contributed by atoms with Crippen LogP contribution in [0, 0.1) is 0 Å². The van der Waals surface area contributed by atoms with Crippen molar-refractivity contribution < 1.29 is 9.90 Å². The van der Waals surface area contributed by atoms with Crippen molar-refractivity contribution in [1.29, 1.82) is 0 Å². The minimum Gasteiger partial charge on any atom is -0.464 e. The second-order valence-corrected chi connectivity index (χ2v) is 9.84. The Kier molecular flexibility index (Phi) is 7.54. The number of halogens is 4. The number of rotatable bonds is 5. The van der Waals surface area contributed by atoms with Gasteiger partial charge in [0.1, 0.15) is 0 Å². The summed E-state index contributed by atoms with van der Waals surface area (Å²) in [6.07, 6.45) is -0.473. The summed E-state index contributed by atoms with van der Waals surface area (Å²) in [5.74, 6) is 0. The first-order valence-electron chi connectivity index (χ1n) is 9.12. The third-order valence-corrected chi connectivity index (χ3v) is 5.39. The van der Waals surface area contributed by atoms with E-state index in [1.165, 1.54) is 0 Å². The van der Waals surface area contributed by atoms with Crippen LogP contribution < -0.4 is 5.32 Å². The van der Waals surface area contributed by atoms with Gasteiger partial charge in [0, 0.05) is 30.7 Å². The van der Waals surface area contributed by atoms with Crippen LogP contribution in [0.5, 0.6) is 0 Å². The number of amides is 1. The second kappa shape index (κ2) is 9.73. The Bertz CT molecular complexity index is 825. The van der Waals surface area contributed by atoms with Crippen LogP contribution in [0.3, 0.4) is 0 Å². The molecule has 0 spiro atoms. The van der Waals surface area contributed by atoms with Crippen molar-refractivity contribution in [3.05, 3.63) is 59.1 Å². The zero-order valence-electron chi connectivity index (χ0n) is 15.5. The van der Waals surface area contributed by atoms with Crippen molar-refractivity contribution >= 4 is 52.5 Å². The first-order chi connectivity index (χ1) is 13.7. The van der Waals surface area contributed by atoms with Crippen LogP contribution in [0.1, 0.15) is 5.56 Å². The van der Waals surface area contributed by atoms with E-state index in [2.05, 4.69) is 29.6 Å². The van der Waals surface area contributed by atoms with Gasteiger partial charge in [-0.25, -0.2) is 14.8 Å². The number of hydrogen-bond donors (Lipinski definition) is 2. The Balaban J connectivity index is 1.74. The monoisotopic (exact) mass is 475 g/mol. The van der Waals surface area contributed by atoms with E-state index in [0.29, 0.717) is 31.1 Å². The molecule has 1 saturated heterocycles. The molecule has 1 atom stereocenters.